The van der Waals surface area contributed by atoms with Gasteiger partial charge >= 0.3 is 6.61 Å². The van der Waals surface area contributed by atoms with Crippen LogP contribution < -0.4 is 10.1 Å². The monoisotopic (exact) mass is 368 g/mol. The molecule has 4 aromatic rings. The Bertz CT molecular complexity index is 1080. The Balaban J connectivity index is 1.62. The largest absolute Gasteiger partial charge is 0.435 e. The van der Waals surface area contributed by atoms with E-state index in [1.807, 2.05) is 23.6 Å². The molecule has 3 heterocycles. The number of aromatic nitrogens is 5. The second-order valence-electron chi connectivity index (χ2n) is 5.63. The van der Waals surface area contributed by atoms with Gasteiger partial charge in [0.1, 0.15) is 11.6 Å². The van der Waals surface area contributed by atoms with Crippen molar-refractivity contribution >= 4 is 22.7 Å². The minimum atomic E-state index is -2.85. The van der Waals surface area contributed by atoms with Gasteiger partial charge in [0.15, 0.2) is 17.3 Å². The lowest BCUT2D eigenvalue weighted by molar-refractivity contribution is -0.0498. The van der Waals surface area contributed by atoms with Crippen molar-refractivity contribution in [2.24, 2.45) is 0 Å². The van der Waals surface area contributed by atoms with Gasteiger partial charge in [-0.3, -0.25) is 9.55 Å². The lowest BCUT2D eigenvalue weighted by Crippen LogP contribution is -2.04. The predicted octanol–water partition coefficient (Wildman–Crippen LogP) is 3.86. The maximum absolute atomic E-state index is 12.2. The summed E-state index contributed by atoms with van der Waals surface area (Å²) in [6, 6.07) is 9.88. The molecule has 7 nitrogen and oxygen atoms in total. The highest BCUT2D eigenvalue weighted by atomic mass is 19.3. The molecule has 27 heavy (non-hydrogen) atoms. The highest BCUT2D eigenvalue weighted by molar-refractivity contribution is 5.73. The summed E-state index contributed by atoms with van der Waals surface area (Å²) >= 11 is 0. The molecule has 0 aliphatic rings. The molecule has 0 saturated heterocycles. The number of nitrogens with zero attached hydrogens (tertiary/aromatic N) is 5. The van der Waals surface area contributed by atoms with Crippen molar-refractivity contribution in [3.63, 3.8) is 0 Å². The molecule has 1 N–H and O–H groups in total. The zero-order chi connectivity index (χ0) is 18.8. The Morgan fingerprint density at radius 1 is 1.07 bits per heavy atom. The standard InChI is InChI=1S/C18H14F2N6O/c1-11-23-17-14(3-2-8-22-17)26(11)16-10-21-9-15(25-16)24-12-4-6-13(7-5-12)27-18(19)20/h2-10,18H,1H3,(H,24,25). The van der Waals surface area contributed by atoms with Crippen molar-refractivity contribution in [1.82, 2.24) is 24.5 Å². The van der Waals surface area contributed by atoms with Gasteiger partial charge in [0.25, 0.3) is 0 Å². The van der Waals surface area contributed by atoms with Crippen LogP contribution in [0, 0.1) is 6.92 Å². The molecule has 136 valence electrons. The quantitative estimate of drug-likeness (QED) is 0.576. The predicted molar refractivity (Wildman–Crippen MR) is 95.5 cm³/mol. The summed E-state index contributed by atoms with van der Waals surface area (Å²) in [7, 11) is 0. The van der Waals surface area contributed by atoms with Gasteiger partial charge in [0.05, 0.1) is 17.9 Å². The number of imidazole rings is 1. The fourth-order valence-electron chi connectivity index (χ4n) is 2.71. The van der Waals surface area contributed by atoms with Crippen molar-refractivity contribution < 1.29 is 13.5 Å². The van der Waals surface area contributed by atoms with Crippen LogP contribution in [0.4, 0.5) is 20.3 Å². The zero-order valence-electron chi connectivity index (χ0n) is 14.2. The van der Waals surface area contributed by atoms with E-state index in [0.717, 1.165) is 11.3 Å². The summed E-state index contributed by atoms with van der Waals surface area (Å²) in [5.74, 6) is 1.91. The number of alkyl halides is 2. The molecule has 0 radical (unpaired) electrons. The van der Waals surface area contributed by atoms with Crippen LogP contribution in [0.25, 0.3) is 17.0 Å². The number of benzene rings is 1. The van der Waals surface area contributed by atoms with Gasteiger partial charge in [0.2, 0.25) is 0 Å². The third kappa shape index (κ3) is 3.52. The van der Waals surface area contributed by atoms with Crippen molar-refractivity contribution in [2.45, 2.75) is 13.5 Å². The van der Waals surface area contributed by atoms with Crippen LogP contribution in [0.1, 0.15) is 5.82 Å². The van der Waals surface area contributed by atoms with Crippen LogP contribution in [0.5, 0.6) is 5.75 Å². The van der Waals surface area contributed by atoms with Crippen LogP contribution in [-0.4, -0.2) is 31.1 Å². The third-order valence-electron chi connectivity index (χ3n) is 3.80. The second-order valence-corrected chi connectivity index (χ2v) is 5.63. The molecule has 0 aliphatic heterocycles. The van der Waals surface area contributed by atoms with E-state index in [4.69, 9.17) is 0 Å². The first-order valence-corrected chi connectivity index (χ1v) is 8.04. The highest BCUT2D eigenvalue weighted by Crippen LogP contribution is 2.22. The molecule has 0 amide bonds. The minimum Gasteiger partial charge on any atom is -0.435 e. The normalized spacial score (nSPS) is 11.1. The smallest absolute Gasteiger partial charge is 0.387 e. The van der Waals surface area contributed by atoms with E-state index in [0.29, 0.717) is 23.0 Å². The number of fused-ring (bicyclic) bond motifs is 1. The molecule has 0 fully saturated rings. The number of rotatable bonds is 5. The average molecular weight is 368 g/mol. The van der Waals surface area contributed by atoms with Crippen molar-refractivity contribution in [3.8, 4) is 11.6 Å². The van der Waals surface area contributed by atoms with Gasteiger partial charge < -0.3 is 10.1 Å². The van der Waals surface area contributed by atoms with Gasteiger partial charge in [0, 0.05) is 11.9 Å². The number of aryl methyl sites for hydroxylation is 1. The summed E-state index contributed by atoms with van der Waals surface area (Å²) in [5, 5.41) is 3.09. The topological polar surface area (TPSA) is 77.8 Å². The number of hydrogen-bond donors (Lipinski definition) is 1. The van der Waals surface area contributed by atoms with E-state index >= 15 is 0 Å². The summed E-state index contributed by atoms with van der Waals surface area (Å²) in [6.07, 6.45) is 4.88. The van der Waals surface area contributed by atoms with Crippen molar-refractivity contribution in [2.75, 3.05) is 5.32 Å². The van der Waals surface area contributed by atoms with E-state index in [-0.39, 0.29) is 5.75 Å². The lowest BCUT2D eigenvalue weighted by atomic mass is 10.3. The fourth-order valence-corrected chi connectivity index (χ4v) is 2.71. The maximum Gasteiger partial charge on any atom is 0.387 e. The zero-order valence-corrected chi connectivity index (χ0v) is 14.2. The Labute approximate surface area is 152 Å². The first-order chi connectivity index (χ1) is 13.1. The summed E-state index contributed by atoms with van der Waals surface area (Å²) in [6.45, 7) is -0.986. The second kappa shape index (κ2) is 6.94. The first-order valence-electron chi connectivity index (χ1n) is 8.04. The molecular formula is C18H14F2N6O. The van der Waals surface area contributed by atoms with Gasteiger partial charge in [-0.05, 0) is 43.3 Å². The summed E-state index contributed by atoms with van der Waals surface area (Å²) < 4.78 is 30.6. The van der Waals surface area contributed by atoms with Crippen LogP contribution >= 0.6 is 0 Å². The molecular weight excluding hydrogens is 354 g/mol. The average Bonchev–Trinajstić information content (AvgIpc) is 2.99. The van der Waals surface area contributed by atoms with E-state index in [1.54, 1.807) is 30.7 Å². The van der Waals surface area contributed by atoms with Crippen molar-refractivity contribution in [1.29, 1.82) is 0 Å². The lowest BCUT2D eigenvalue weighted by Gasteiger charge is -2.10. The van der Waals surface area contributed by atoms with Gasteiger partial charge in [-0.15, -0.1) is 0 Å². The molecule has 0 aliphatic carbocycles. The van der Waals surface area contributed by atoms with Gasteiger partial charge in [-0.25, -0.2) is 15.0 Å². The number of ether oxygens (including phenoxy) is 1. The molecule has 0 saturated carbocycles. The number of halogens is 2. The van der Waals surface area contributed by atoms with E-state index in [9.17, 15) is 8.78 Å². The Hall–Kier alpha value is -3.62. The maximum atomic E-state index is 12.2. The number of pyridine rings is 1. The van der Waals surface area contributed by atoms with Crippen LogP contribution in [0.2, 0.25) is 0 Å². The molecule has 4 rings (SSSR count). The van der Waals surface area contributed by atoms with Gasteiger partial charge in [-0.1, -0.05) is 0 Å². The summed E-state index contributed by atoms with van der Waals surface area (Å²) in [4.78, 5) is 17.5. The molecule has 1 aromatic carbocycles. The van der Waals surface area contributed by atoms with E-state index in [1.165, 1.54) is 12.1 Å². The highest BCUT2D eigenvalue weighted by Gasteiger charge is 2.12. The molecule has 0 bridgehead atoms. The molecule has 0 unspecified atom stereocenters. The molecule has 0 spiro atoms. The SMILES string of the molecule is Cc1nc2ncccc2n1-c1cncc(Nc2ccc(OC(F)F)cc2)n1. The number of hydrogen-bond acceptors (Lipinski definition) is 6. The minimum absolute atomic E-state index is 0.0865. The molecule has 3 aromatic heterocycles. The molecule has 0 atom stereocenters. The van der Waals surface area contributed by atoms with Crippen molar-refractivity contribution in [3.05, 3.63) is 60.8 Å². The Morgan fingerprint density at radius 2 is 1.89 bits per heavy atom. The van der Waals surface area contributed by atoms with Crippen LogP contribution in [0.3, 0.4) is 0 Å². The van der Waals surface area contributed by atoms with E-state index < -0.39 is 6.61 Å². The Kier molecular flexibility index (Phi) is 4.33. The Morgan fingerprint density at radius 3 is 2.67 bits per heavy atom. The first kappa shape index (κ1) is 16.8. The number of anilines is 2. The fraction of sp³-hybridized carbons (Fsp3) is 0.111. The molecule has 9 heteroatoms. The third-order valence-corrected chi connectivity index (χ3v) is 3.80. The number of nitrogens with one attached hydrogen (secondary N) is 1. The van der Waals surface area contributed by atoms with Crippen LogP contribution in [0.15, 0.2) is 55.0 Å². The summed E-state index contributed by atoms with van der Waals surface area (Å²) in [5.41, 5.74) is 2.12. The van der Waals surface area contributed by atoms with Gasteiger partial charge in [-0.2, -0.15) is 8.78 Å². The van der Waals surface area contributed by atoms with Crippen LogP contribution in [-0.2, 0) is 0 Å². The van der Waals surface area contributed by atoms with E-state index in [2.05, 4.69) is 30.0 Å².